The van der Waals surface area contributed by atoms with E-state index in [0.29, 0.717) is 37.2 Å². The largest absolute Gasteiger partial charge is 0.356 e. The Kier molecular flexibility index (Phi) is 6.81. The van der Waals surface area contributed by atoms with Crippen LogP contribution in [0.2, 0.25) is 0 Å². The number of amides is 3. The van der Waals surface area contributed by atoms with Crippen molar-refractivity contribution in [3.8, 4) is 0 Å². The number of rotatable bonds is 8. The van der Waals surface area contributed by atoms with Crippen molar-refractivity contribution in [2.75, 3.05) is 57.8 Å². The fourth-order valence-electron chi connectivity index (χ4n) is 5.10. The summed E-state index contributed by atoms with van der Waals surface area (Å²) in [4.78, 5) is 46.6. The highest BCUT2D eigenvalue weighted by Gasteiger charge is 2.52. The normalized spacial score (nSPS) is 23.9. The third-order valence-electron chi connectivity index (χ3n) is 7.13. The van der Waals surface area contributed by atoms with E-state index in [1.165, 1.54) is 0 Å². The van der Waals surface area contributed by atoms with E-state index < -0.39 is 5.66 Å². The second-order valence-electron chi connectivity index (χ2n) is 9.37. The van der Waals surface area contributed by atoms with Gasteiger partial charge in [0.1, 0.15) is 5.66 Å². The molecule has 0 spiro atoms. The summed E-state index contributed by atoms with van der Waals surface area (Å²) in [6.45, 7) is 8.46. The molecule has 0 aliphatic carbocycles. The summed E-state index contributed by atoms with van der Waals surface area (Å²) in [6.07, 6.45) is 3.26. The topological polar surface area (TPSA) is 76.2 Å². The summed E-state index contributed by atoms with van der Waals surface area (Å²) < 4.78 is 0. The molecule has 8 heteroatoms. The van der Waals surface area contributed by atoms with Gasteiger partial charge in [-0.1, -0.05) is 12.1 Å². The van der Waals surface area contributed by atoms with Crippen LogP contribution in [0.15, 0.2) is 24.3 Å². The Labute approximate surface area is 190 Å². The Morgan fingerprint density at radius 1 is 1.06 bits per heavy atom. The van der Waals surface area contributed by atoms with Crippen molar-refractivity contribution in [2.45, 2.75) is 44.7 Å². The van der Waals surface area contributed by atoms with Crippen LogP contribution in [0.25, 0.3) is 0 Å². The predicted molar refractivity (Wildman–Crippen MR) is 123 cm³/mol. The van der Waals surface area contributed by atoms with Crippen LogP contribution < -0.4 is 10.2 Å². The predicted octanol–water partition coefficient (Wildman–Crippen LogP) is 1.52. The zero-order valence-electron chi connectivity index (χ0n) is 19.3. The fourth-order valence-corrected chi connectivity index (χ4v) is 5.10. The van der Waals surface area contributed by atoms with E-state index in [1.54, 1.807) is 15.9 Å². The number of hydrogen-bond acceptors (Lipinski definition) is 5. The molecule has 32 heavy (non-hydrogen) atoms. The van der Waals surface area contributed by atoms with Crippen molar-refractivity contribution >= 4 is 23.4 Å². The molecule has 2 fully saturated rings. The van der Waals surface area contributed by atoms with Crippen LogP contribution in [0.3, 0.4) is 0 Å². The van der Waals surface area contributed by atoms with E-state index in [0.717, 1.165) is 45.6 Å². The first-order valence-electron chi connectivity index (χ1n) is 11.8. The van der Waals surface area contributed by atoms with Crippen molar-refractivity contribution < 1.29 is 14.4 Å². The van der Waals surface area contributed by atoms with Crippen molar-refractivity contribution in [2.24, 2.45) is 0 Å². The van der Waals surface area contributed by atoms with Crippen molar-refractivity contribution in [1.29, 1.82) is 0 Å². The van der Waals surface area contributed by atoms with Gasteiger partial charge < -0.3 is 20.0 Å². The van der Waals surface area contributed by atoms with Crippen LogP contribution in [0.1, 0.15) is 49.4 Å². The summed E-state index contributed by atoms with van der Waals surface area (Å²) in [7, 11) is 2.16. The Balaban J connectivity index is 1.25. The molecule has 3 heterocycles. The third-order valence-corrected chi connectivity index (χ3v) is 7.13. The number of fused-ring (bicyclic) bond motifs is 3. The SMILES string of the molecule is CN1CCN(CCCCNC(=O)CCN2C(=O)c3ccccc3N3C(=O)CCC23C)CC1. The summed E-state index contributed by atoms with van der Waals surface area (Å²) in [5.41, 5.74) is 0.513. The standard InChI is InChI=1S/C24H35N5O3/c1-24-11-9-22(31)29(24)20-8-4-3-7-19(20)23(32)28(24)14-10-21(30)25-12-5-6-13-27-17-15-26(2)16-18-27/h3-4,7-8H,5-6,9-18H2,1-2H3,(H,25,30). The molecule has 3 aliphatic heterocycles. The maximum Gasteiger partial charge on any atom is 0.257 e. The lowest BCUT2D eigenvalue weighted by molar-refractivity contribution is -0.121. The van der Waals surface area contributed by atoms with E-state index in [1.807, 2.05) is 25.1 Å². The minimum absolute atomic E-state index is 0.0299. The van der Waals surface area contributed by atoms with Crippen LogP contribution in [-0.2, 0) is 9.59 Å². The highest BCUT2D eigenvalue weighted by atomic mass is 16.2. The Morgan fingerprint density at radius 2 is 1.81 bits per heavy atom. The van der Waals surface area contributed by atoms with Gasteiger partial charge in [0.15, 0.2) is 0 Å². The van der Waals surface area contributed by atoms with E-state index in [-0.39, 0.29) is 24.1 Å². The van der Waals surface area contributed by atoms with Gasteiger partial charge in [-0.25, -0.2) is 0 Å². The van der Waals surface area contributed by atoms with Crippen molar-refractivity contribution in [3.05, 3.63) is 29.8 Å². The minimum Gasteiger partial charge on any atom is -0.356 e. The monoisotopic (exact) mass is 441 g/mol. The van der Waals surface area contributed by atoms with E-state index >= 15 is 0 Å². The number of piperazine rings is 1. The second-order valence-corrected chi connectivity index (χ2v) is 9.37. The molecule has 174 valence electrons. The van der Waals surface area contributed by atoms with Crippen LogP contribution >= 0.6 is 0 Å². The van der Waals surface area contributed by atoms with Gasteiger partial charge in [-0.05, 0) is 51.9 Å². The molecular formula is C24H35N5O3. The van der Waals surface area contributed by atoms with Gasteiger partial charge >= 0.3 is 0 Å². The van der Waals surface area contributed by atoms with Crippen LogP contribution in [-0.4, -0.2) is 90.9 Å². The molecule has 0 radical (unpaired) electrons. The number of nitrogens with zero attached hydrogens (tertiary/aromatic N) is 4. The van der Waals surface area contributed by atoms with Gasteiger partial charge in [-0.15, -0.1) is 0 Å². The van der Waals surface area contributed by atoms with Gasteiger partial charge in [-0.3, -0.25) is 19.3 Å². The molecule has 8 nitrogen and oxygen atoms in total. The number of carbonyl (C=O) groups excluding carboxylic acids is 3. The molecule has 0 bridgehead atoms. The Morgan fingerprint density at radius 3 is 2.59 bits per heavy atom. The average molecular weight is 442 g/mol. The van der Waals surface area contributed by atoms with Gasteiger partial charge in [0.05, 0.1) is 11.3 Å². The second kappa shape index (κ2) is 9.58. The molecule has 1 aromatic rings. The summed E-state index contributed by atoms with van der Waals surface area (Å²) in [6, 6.07) is 7.26. The molecular weight excluding hydrogens is 406 g/mol. The van der Waals surface area contributed by atoms with Crippen LogP contribution in [0.5, 0.6) is 0 Å². The van der Waals surface area contributed by atoms with Crippen LogP contribution in [0.4, 0.5) is 5.69 Å². The number of unbranched alkanes of at least 4 members (excludes halogenated alkanes) is 1. The zero-order valence-corrected chi connectivity index (χ0v) is 19.3. The van der Waals surface area contributed by atoms with E-state index in [9.17, 15) is 14.4 Å². The molecule has 3 aliphatic rings. The highest BCUT2D eigenvalue weighted by Crippen LogP contribution is 2.43. The first-order valence-corrected chi connectivity index (χ1v) is 11.8. The highest BCUT2D eigenvalue weighted by molar-refractivity contribution is 6.10. The molecule has 1 unspecified atom stereocenters. The number of likely N-dealkylation sites (N-methyl/N-ethyl adjacent to an activating group) is 1. The Hall–Kier alpha value is -2.45. The molecule has 1 atom stereocenters. The first kappa shape index (κ1) is 22.7. The lowest BCUT2D eigenvalue weighted by Crippen LogP contribution is -2.62. The van der Waals surface area contributed by atoms with Crippen molar-refractivity contribution in [1.82, 2.24) is 20.0 Å². The van der Waals surface area contributed by atoms with Crippen LogP contribution in [0, 0.1) is 0 Å². The number of benzene rings is 1. The molecule has 3 amide bonds. The maximum atomic E-state index is 13.2. The number of hydrogen-bond donors (Lipinski definition) is 1. The molecule has 2 saturated heterocycles. The lowest BCUT2D eigenvalue weighted by Gasteiger charge is -2.48. The number of anilines is 1. The summed E-state index contributed by atoms with van der Waals surface area (Å²) in [5.74, 6) is -0.119. The van der Waals surface area contributed by atoms with Gasteiger partial charge in [0.25, 0.3) is 5.91 Å². The number of carbonyl (C=O) groups is 3. The molecule has 1 N–H and O–H groups in total. The minimum atomic E-state index is -0.703. The number of nitrogens with one attached hydrogen (secondary N) is 1. The average Bonchev–Trinajstić information content (AvgIpc) is 3.09. The quantitative estimate of drug-likeness (QED) is 0.619. The van der Waals surface area contributed by atoms with Gasteiger partial charge in [0.2, 0.25) is 11.8 Å². The van der Waals surface area contributed by atoms with E-state index in [4.69, 9.17) is 0 Å². The molecule has 4 rings (SSSR count). The van der Waals surface area contributed by atoms with E-state index in [2.05, 4.69) is 22.2 Å². The Bertz CT molecular complexity index is 867. The summed E-state index contributed by atoms with van der Waals surface area (Å²) in [5, 5.41) is 3.00. The lowest BCUT2D eigenvalue weighted by atomic mass is 9.98. The maximum absolute atomic E-state index is 13.2. The molecule has 0 saturated carbocycles. The molecule has 0 aromatic heterocycles. The summed E-state index contributed by atoms with van der Waals surface area (Å²) >= 11 is 0. The van der Waals surface area contributed by atoms with Gasteiger partial charge in [0, 0.05) is 52.1 Å². The smallest absolute Gasteiger partial charge is 0.257 e. The fraction of sp³-hybridized carbons (Fsp3) is 0.625. The first-order chi connectivity index (χ1) is 15.4. The van der Waals surface area contributed by atoms with Crippen molar-refractivity contribution in [3.63, 3.8) is 0 Å². The molecule has 1 aromatic carbocycles. The third kappa shape index (κ3) is 4.52. The zero-order chi connectivity index (χ0) is 22.7. The number of para-hydroxylation sites is 1. The van der Waals surface area contributed by atoms with Gasteiger partial charge in [-0.2, -0.15) is 0 Å².